The standard InChI is InChI=1S/C9H5Br2ClN2S/c10-5-1-2-7(6(12)3-5)13-9-14-8(11)4-15-9/h1-4H,(H,13,14). The molecule has 0 fully saturated rings. The Kier molecular flexibility index (Phi) is 3.66. The fourth-order valence-corrected chi connectivity index (χ4v) is 2.89. The molecular weight excluding hydrogens is 363 g/mol. The molecule has 0 amide bonds. The largest absolute Gasteiger partial charge is 0.330 e. The Balaban J connectivity index is 2.24. The Morgan fingerprint density at radius 1 is 1.33 bits per heavy atom. The molecule has 6 heteroatoms. The minimum atomic E-state index is 0.663. The first kappa shape index (κ1) is 11.4. The first-order valence-electron chi connectivity index (χ1n) is 3.98. The number of hydrogen-bond acceptors (Lipinski definition) is 3. The van der Waals surface area contributed by atoms with Gasteiger partial charge in [0.15, 0.2) is 5.13 Å². The third-order valence-electron chi connectivity index (χ3n) is 1.65. The van der Waals surface area contributed by atoms with Crippen molar-refractivity contribution in [2.75, 3.05) is 5.32 Å². The number of nitrogens with one attached hydrogen (secondary N) is 1. The van der Waals surface area contributed by atoms with E-state index in [1.807, 2.05) is 23.6 Å². The van der Waals surface area contributed by atoms with Gasteiger partial charge < -0.3 is 5.32 Å². The van der Waals surface area contributed by atoms with Gasteiger partial charge >= 0.3 is 0 Å². The highest BCUT2D eigenvalue weighted by atomic mass is 79.9. The molecule has 15 heavy (non-hydrogen) atoms. The molecule has 0 aliphatic rings. The lowest BCUT2D eigenvalue weighted by Gasteiger charge is -2.04. The van der Waals surface area contributed by atoms with Gasteiger partial charge in [-0.15, -0.1) is 11.3 Å². The molecule has 78 valence electrons. The highest BCUT2D eigenvalue weighted by Crippen LogP contribution is 2.30. The van der Waals surface area contributed by atoms with E-state index in [1.54, 1.807) is 0 Å². The van der Waals surface area contributed by atoms with E-state index in [0.29, 0.717) is 5.02 Å². The van der Waals surface area contributed by atoms with Crippen LogP contribution in [0.3, 0.4) is 0 Å². The molecule has 1 aromatic heterocycles. The summed E-state index contributed by atoms with van der Waals surface area (Å²) in [4.78, 5) is 4.22. The maximum absolute atomic E-state index is 6.06. The highest BCUT2D eigenvalue weighted by molar-refractivity contribution is 9.10. The molecule has 0 saturated carbocycles. The van der Waals surface area contributed by atoms with Gasteiger partial charge in [0.2, 0.25) is 0 Å². The maximum Gasteiger partial charge on any atom is 0.188 e. The Morgan fingerprint density at radius 3 is 2.73 bits per heavy atom. The number of benzene rings is 1. The lowest BCUT2D eigenvalue weighted by atomic mass is 10.3. The van der Waals surface area contributed by atoms with Gasteiger partial charge in [0.25, 0.3) is 0 Å². The van der Waals surface area contributed by atoms with E-state index in [0.717, 1.165) is 19.9 Å². The van der Waals surface area contributed by atoms with Crippen LogP contribution < -0.4 is 5.32 Å². The average Bonchev–Trinajstić information content (AvgIpc) is 2.56. The Labute approximate surface area is 113 Å². The summed E-state index contributed by atoms with van der Waals surface area (Å²) in [6.45, 7) is 0. The smallest absolute Gasteiger partial charge is 0.188 e. The van der Waals surface area contributed by atoms with Gasteiger partial charge in [-0.05, 0) is 34.1 Å². The van der Waals surface area contributed by atoms with Crippen LogP contribution in [0.1, 0.15) is 0 Å². The molecule has 0 radical (unpaired) electrons. The second-order valence-electron chi connectivity index (χ2n) is 2.72. The zero-order valence-corrected chi connectivity index (χ0v) is 12.0. The molecule has 2 aromatic rings. The topological polar surface area (TPSA) is 24.9 Å². The number of anilines is 2. The highest BCUT2D eigenvalue weighted by Gasteiger charge is 2.04. The first-order valence-corrected chi connectivity index (χ1v) is 6.82. The summed E-state index contributed by atoms with van der Waals surface area (Å²) >= 11 is 14.2. The molecule has 1 aromatic carbocycles. The minimum Gasteiger partial charge on any atom is -0.330 e. The number of hydrogen-bond donors (Lipinski definition) is 1. The fourth-order valence-electron chi connectivity index (χ4n) is 1.02. The van der Waals surface area contributed by atoms with Crippen molar-refractivity contribution < 1.29 is 0 Å². The van der Waals surface area contributed by atoms with Crippen LogP contribution in [0.2, 0.25) is 5.02 Å². The summed E-state index contributed by atoms with van der Waals surface area (Å²) in [5.74, 6) is 0. The molecule has 0 spiro atoms. The molecule has 2 nitrogen and oxygen atoms in total. The summed E-state index contributed by atoms with van der Waals surface area (Å²) in [5.41, 5.74) is 0.849. The van der Waals surface area contributed by atoms with Gasteiger partial charge in [-0.25, -0.2) is 4.98 Å². The summed E-state index contributed by atoms with van der Waals surface area (Å²) in [5, 5.41) is 6.53. The van der Waals surface area contributed by atoms with E-state index < -0.39 is 0 Å². The van der Waals surface area contributed by atoms with Crippen LogP contribution in [0.15, 0.2) is 32.7 Å². The molecule has 1 N–H and O–H groups in total. The van der Waals surface area contributed by atoms with Gasteiger partial charge in [-0.2, -0.15) is 0 Å². The van der Waals surface area contributed by atoms with Gasteiger partial charge in [-0.1, -0.05) is 27.5 Å². The number of halogens is 3. The van der Waals surface area contributed by atoms with Crippen molar-refractivity contribution in [1.82, 2.24) is 4.98 Å². The Hall–Kier alpha value is -0.100. The van der Waals surface area contributed by atoms with Crippen LogP contribution >= 0.6 is 54.8 Å². The van der Waals surface area contributed by atoms with Crippen molar-refractivity contribution in [3.8, 4) is 0 Å². The molecule has 0 aliphatic carbocycles. The lowest BCUT2D eigenvalue weighted by molar-refractivity contribution is 1.34. The van der Waals surface area contributed by atoms with Crippen LogP contribution in [-0.2, 0) is 0 Å². The van der Waals surface area contributed by atoms with Crippen molar-refractivity contribution in [3.05, 3.63) is 37.7 Å². The summed E-state index contributed by atoms with van der Waals surface area (Å²) in [7, 11) is 0. The molecular formula is C9H5Br2ClN2S. The maximum atomic E-state index is 6.06. The van der Waals surface area contributed by atoms with Crippen LogP contribution in [0.4, 0.5) is 10.8 Å². The van der Waals surface area contributed by atoms with Gasteiger partial charge in [0.1, 0.15) is 4.60 Å². The second kappa shape index (κ2) is 4.82. The molecule has 1 heterocycles. The van der Waals surface area contributed by atoms with E-state index in [2.05, 4.69) is 42.2 Å². The van der Waals surface area contributed by atoms with Crippen molar-refractivity contribution in [2.45, 2.75) is 0 Å². The van der Waals surface area contributed by atoms with E-state index in [9.17, 15) is 0 Å². The Morgan fingerprint density at radius 2 is 2.13 bits per heavy atom. The Bertz CT molecular complexity index is 487. The monoisotopic (exact) mass is 366 g/mol. The third kappa shape index (κ3) is 2.93. The summed E-state index contributed by atoms with van der Waals surface area (Å²) < 4.78 is 1.78. The molecule has 0 bridgehead atoms. The summed E-state index contributed by atoms with van der Waals surface area (Å²) in [6.07, 6.45) is 0. The molecule has 2 rings (SSSR count). The van der Waals surface area contributed by atoms with E-state index in [-0.39, 0.29) is 0 Å². The van der Waals surface area contributed by atoms with E-state index in [1.165, 1.54) is 11.3 Å². The molecule has 0 saturated heterocycles. The van der Waals surface area contributed by atoms with Crippen molar-refractivity contribution >= 4 is 65.6 Å². The number of nitrogens with zero attached hydrogens (tertiary/aromatic N) is 1. The lowest BCUT2D eigenvalue weighted by Crippen LogP contribution is -1.89. The SMILES string of the molecule is Clc1cc(Br)ccc1Nc1nc(Br)cs1. The first-order chi connectivity index (χ1) is 7.15. The van der Waals surface area contributed by atoms with Crippen molar-refractivity contribution in [3.63, 3.8) is 0 Å². The minimum absolute atomic E-state index is 0.663. The van der Waals surface area contributed by atoms with Crippen molar-refractivity contribution in [1.29, 1.82) is 0 Å². The zero-order chi connectivity index (χ0) is 10.8. The number of rotatable bonds is 2. The predicted octanol–water partition coefficient (Wildman–Crippen LogP) is 5.07. The van der Waals surface area contributed by atoms with Crippen LogP contribution in [0.5, 0.6) is 0 Å². The van der Waals surface area contributed by atoms with Crippen LogP contribution in [0, 0.1) is 0 Å². The number of aromatic nitrogens is 1. The number of thiazole rings is 1. The summed E-state index contributed by atoms with van der Waals surface area (Å²) in [6, 6.07) is 5.67. The van der Waals surface area contributed by atoms with Gasteiger partial charge in [-0.3, -0.25) is 0 Å². The predicted molar refractivity (Wildman–Crippen MR) is 72.2 cm³/mol. The molecule has 0 unspecified atom stereocenters. The normalized spacial score (nSPS) is 10.3. The fraction of sp³-hybridized carbons (Fsp3) is 0. The van der Waals surface area contributed by atoms with Gasteiger partial charge in [0.05, 0.1) is 10.7 Å². The molecule has 0 aliphatic heterocycles. The third-order valence-corrected chi connectivity index (χ3v) is 3.92. The van der Waals surface area contributed by atoms with Gasteiger partial charge in [0, 0.05) is 9.85 Å². The second-order valence-corrected chi connectivity index (χ2v) is 5.72. The van der Waals surface area contributed by atoms with Crippen molar-refractivity contribution in [2.24, 2.45) is 0 Å². The van der Waals surface area contributed by atoms with Crippen LogP contribution in [0.25, 0.3) is 0 Å². The van der Waals surface area contributed by atoms with Crippen LogP contribution in [-0.4, -0.2) is 4.98 Å². The van der Waals surface area contributed by atoms with E-state index in [4.69, 9.17) is 11.6 Å². The van der Waals surface area contributed by atoms with E-state index >= 15 is 0 Å². The average molecular weight is 368 g/mol. The molecule has 0 atom stereocenters. The zero-order valence-electron chi connectivity index (χ0n) is 7.30. The quantitative estimate of drug-likeness (QED) is 0.801.